The average molecular weight is 536 g/mol. The van der Waals surface area contributed by atoms with Gasteiger partial charge in [-0.2, -0.15) is 0 Å². The van der Waals surface area contributed by atoms with E-state index in [9.17, 15) is 23.6 Å². The lowest BCUT2D eigenvalue weighted by Gasteiger charge is -2.33. The molecule has 1 unspecified atom stereocenters. The summed E-state index contributed by atoms with van der Waals surface area (Å²) in [7, 11) is 0. The SMILES string of the molecule is Cc1ccc(F)c(C(=O)NC2CCCN(C(=O)Nc3ccc4c(c3)c(=O)n(CC3CC3)c(=O)n4C(C)C)C2)c1. The number of anilines is 1. The number of nitrogens with one attached hydrogen (secondary N) is 2. The summed E-state index contributed by atoms with van der Waals surface area (Å²) in [6, 6.07) is 8.59. The van der Waals surface area contributed by atoms with Crippen LogP contribution in [0.3, 0.4) is 0 Å². The monoisotopic (exact) mass is 535 g/mol. The highest BCUT2D eigenvalue weighted by atomic mass is 19.1. The number of halogens is 1. The van der Waals surface area contributed by atoms with E-state index in [-0.39, 0.29) is 41.5 Å². The molecule has 2 aromatic carbocycles. The first-order valence-electron chi connectivity index (χ1n) is 13.5. The Morgan fingerprint density at radius 3 is 2.56 bits per heavy atom. The van der Waals surface area contributed by atoms with Gasteiger partial charge in [0.2, 0.25) is 0 Å². The summed E-state index contributed by atoms with van der Waals surface area (Å²) >= 11 is 0. The van der Waals surface area contributed by atoms with Gasteiger partial charge in [-0.25, -0.2) is 14.0 Å². The number of urea groups is 1. The van der Waals surface area contributed by atoms with E-state index in [2.05, 4.69) is 10.6 Å². The van der Waals surface area contributed by atoms with Crippen LogP contribution in [0.5, 0.6) is 0 Å². The van der Waals surface area contributed by atoms with Crippen LogP contribution in [0.15, 0.2) is 46.0 Å². The van der Waals surface area contributed by atoms with Gasteiger partial charge in [-0.1, -0.05) is 11.6 Å². The van der Waals surface area contributed by atoms with Gasteiger partial charge in [0.1, 0.15) is 5.82 Å². The fourth-order valence-electron chi connectivity index (χ4n) is 5.24. The molecule has 2 N–H and O–H groups in total. The maximum atomic E-state index is 14.2. The summed E-state index contributed by atoms with van der Waals surface area (Å²) in [6.45, 7) is 6.79. The minimum Gasteiger partial charge on any atom is -0.347 e. The van der Waals surface area contributed by atoms with Crippen molar-refractivity contribution >= 4 is 28.5 Å². The number of piperidine rings is 1. The number of benzene rings is 2. The Hall–Kier alpha value is -3.95. The highest BCUT2D eigenvalue weighted by molar-refractivity contribution is 5.95. The molecular weight excluding hydrogens is 501 g/mol. The van der Waals surface area contributed by atoms with Crippen molar-refractivity contribution in [1.82, 2.24) is 19.4 Å². The second-order valence-corrected chi connectivity index (χ2v) is 11.0. The smallest absolute Gasteiger partial charge is 0.331 e. The minimum atomic E-state index is -0.584. The van der Waals surface area contributed by atoms with Crippen LogP contribution in [0.4, 0.5) is 14.9 Å². The van der Waals surface area contributed by atoms with E-state index >= 15 is 0 Å². The topological polar surface area (TPSA) is 105 Å². The molecule has 2 fully saturated rings. The molecule has 3 aromatic rings. The highest BCUT2D eigenvalue weighted by Crippen LogP contribution is 2.30. The van der Waals surface area contributed by atoms with Gasteiger partial charge in [-0.05, 0) is 82.7 Å². The van der Waals surface area contributed by atoms with Gasteiger partial charge >= 0.3 is 11.7 Å². The Kier molecular flexibility index (Phi) is 7.29. The second-order valence-electron chi connectivity index (χ2n) is 11.0. The van der Waals surface area contributed by atoms with Gasteiger partial charge in [0, 0.05) is 37.4 Å². The van der Waals surface area contributed by atoms with E-state index in [4.69, 9.17) is 0 Å². The zero-order valence-electron chi connectivity index (χ0n) is 22.5. The Morgan fingerprint density at radius 2 is 1.85 bits per heavy atom. The molecular formula is C29H34FN5O4. The van der Waals surface area contributed by atoms with E-state index < -0.39 is 11.7 Å². The molecule has 1 saturated carbocycles. The molecule has 206 valence electrons. The van der Waals surface area contributed by atoms with E-state index in [1.807, 2.05) is 13.8 Å². The standard InChI is InChI=1S/C29H34FN5O4/c1-17(2)35-25-11-9-20(14-23(25)27(37)34(29(35)39)15-19-7-8-19)32-28(38)33-12-4-5-21(16-33)31-26(36)22-13-18(3)6-10-24(22)30/h6,9-11,13-14,17,19,21H,4-5,7-8,12,15-16H2,1-3H3,(H,31,36)(H,32,38). The molecule has 0 bridgehead atoms. The zero-order valence-corrected chi connectivity index (χ0v) is 22.5. The largest absolute Gasteiger partial charge is 0.347 e. The number of aryl methyl sites for hydroxylation is 1. The fraction of sp³-hybridized carbons (Fsp3) is 0.448. The van der Waals surface area contributed by atoms with Crippen LogP contribution in [0.25, 0.3) is 10.9 Å². The predicted molar refractivity (Wildman–Crippen MR) is 148 cm³/mol. The number of carbonyl (C=O) groups excluding carboxylic acids is 2. The van der Waals surface area contributed by atoms with Crippen molar-refractivity contribution in [3.63, 3.8) is 0 Å². The summed E-state index contributed by atoms with van der Waals surface area (Å²) in [5.41, 5.74) is 1.10. The molecule has 9 nitrogen and oxygen atoms in total. The molecule has 10 heteroatoms. The number of amides is 3. The molecule has 39 heavy (non-hydrogen) atoms. The molecule has 5 rings (SSSR count). The number of carbonyl (C=O) groups is 2. The molecule has 1 saturated heterocycles. The van der Waals surface area contributed by atoms with E-state index in [0.717, 1.165) is 18.4 Å². The van der Waals surface area contributed by atoms with E-state index in [0.29, 0.717) is 48.4 Å². The first-order chi connectivity index (χ1) is 18.6. The van der Waals surface area contributed by atoms with Crippen LogP contribution in [-0.4, -0.2) is 45.1 Å². The van der Waals surface area contributed by atoms with Crippen LogP contribution in [0.1, 0.15) is 61.5 Å². The molecule has 3 amide bonds. The van der Waals surface area contributed by atoms with Gasteiger partial charge in [-0.3, -0.25) is 18.7 Å². The van der Waals surface area contributed by atoms with Gasteiger partial charge < -0.3 is 15.5 Å². The van der Waals surface area contributed by atoms with Crippen molar-refractivity contribution in [1.29, 1.82) is 0 Å². The summed E-state index contributed by atoms with van der Waals surface area (Å²) in [5, 5.41) is 6.10. The predicted octanol–water partition coefficient (Wildman–Crippen LogP) is 4.03. The van der Waals surface area contributed by atoms with Gasteiger partial charge in [0.05, 0.1) is 16.5 Å². The number of rotatable bonds is 6. The Morgan fingerprint density at radius 1 is 1.08 bits per heavy atom. The Balaban J connectivity index is 1.33. The quantitative estimate of drug-likeness (QED) is 0.497. The van der Waals surface area contributed by atoms with E-state index in [1.54, 1.807) is 40.7 Å². The van der Waals surface area contributed by atoms with Crippen molar-refractivity contribution in [3.8, 4) is 0 Å². The molecule has 1 atom stereocenters. The zero-order chi connectivity index (χ0) is 27.8. The number of fused-ring (bicyclic) bond motifs is 1. The Labute approximate surface area is 225 Å². The normalized spacial score (nSPS) is 17.5. The number of hydrogen-bond acceptors (Lipinski definition) is 4. The molecule has 2 heterocycles. The van der Waals surface area contributed by atoms with Gasteiger partial charge in [0.15, 0.2) is 0 Å². The lowest BCUT2D eigenvalue weighted by Crippen LogP contribution is -2.50. The van der Waals surface area contributed by atoms with Crippen LogP contribution in [-0.2, 0) is 6.54 Å². The van der Waals surface area contributed by atoms with Crippen molar-refractivity contribution in [3.05, 3.63) is 74.2 Å². The van der Waals surface area contributed by atoms with E-state index in [1.165, 1.54) is 16.7 Å². The van der Waals surface area contributed by atoms with Crippen LogP contribution in [0, 0.1) is 18.7 Å². The summed E-state index contributed by atoms with van der Waals surface area (Å²) in [6.07, 6.45) is 3.38. The number of hydrogen-bond donors (Lipinski definition) is 2. The summed E-state index contributed by atoms with van der Waals surface area (Å²) in [5.74, 6) is -0.734. The Bertz CT molecular complexity index is 1560. The third-order valence-corrected chi connectivity index (χ3v) is 7.48. The van der Waals surface area contributed by atoms with Crippen LogP contribution >= 0.6 is 0 Å². The van der Waals surface area contributed by atoms with Gasteiger partial charge in [-0.15, -0.1) is 0 Å². The third-order valence-electron chi connectivity index (χ3n) is 7.48. The molecule has 1 aliphatic carbocycles. The summed E-state index contributed by atoms with van der Waals surface area (Å²) < 4.78 is 17.1. The highest BCUT2D eigenvalue weighted by Gasteiger charge is 2.27. The van der Waals surface area contributed by atoms with Crippen molar-refractivity contribution < 1.29 is 14.0 Å². The number of aromatic nitrogens is 2. The van der Waals surface area contributed by atoms with Gasteiger partial charge in [0.25, 0.3) is 11.5 Å². The molecule has 1 aliphatic heterocycles. The van der Waals surface area contributed by atoms with Crippen LogP contribution < -0.4 is 21.9 Å². The lowest BCUT2D eigenvalue weighted by molar-refractivity contribution is 0.0908. The number of nitrogens with zero attached hydrogens (tertiary/aromatic N) is 3. The maximum Gasteiger partial charge on any atom is 0.331 e. The first kappa shape index (κ1) is 26.6. The van der Waals surface area contributed by atoms with Crippen molar-refractivity contribution in [2.45, 2.75) is 65.1 Å². The minimum absolute atomic E-state index is 0.0139. The fourth-order valence-corrected chi connectivity index (χ4v) is 5.24. The van der Waals surface area contributed by atoms with Crippen molar-refractivity contribution in [2.24, 2.45) is 5.92 Å². The average Bonchev–Trinajstić information content (AvgIpc) is 3.72. The number of likely N-dealkylation sites (tertiary alicyclic amines) is 1. The first-order valence-corrected chi connectivity index (χ1v) is 13.5. The maximum absolute atomic E-state index is 14.2. The molecule has 0 radical (unpaired) electrons. The molecule has 2 aliphatic rings. The second kappa shape index (κ2) is 10.7. The lowest BCUT2D eigenvalue weighted by atomic mass is 10.0. The summed E-state index contributed by atoms with van der Waals surface area (Å²) in [4.78, 5) is 53.8. The molecule has 1 aromatic heterocycles. The molecule has 0 spiro atoms. The third kappa shape index (κ3) is 5.60. The van der Waals surface area contributed by atoms with Crippen molar-refractivity contribution in [2.75, 3.05) is 18.4 Å². The van der Waals surface area contributed by atoms with Crippen LogP contribution in [0.2, 0.25) is 0 Å².